The van der Waals surface area contributed by atoms with E-state index in [-0.39, 0.29) is 43.1 Å². The van der Waals surface area contributed by atoms with Crippen molar-refractivity contribution in [2.45, 2.75) is 84.0 Å². The molecule has 36 heavy (non-hydrogen) atoms. The zero-order valence-electron chi connectivity index (χ0n) is 21.3. The van der Waals surface area contributed by atoms with Gasteiger partial charge in [-0.1, -0.05) is 17.2 Å². The van der Waals surface area contributed by atoms with Crippen LogP contribution in [0.4, 0.5) is 13.6 Å². The average Bonchev–Trinajstić information content (AvgIpc) is 3.27. The number of amides is 1. The Labute approximate surface area is 215 Å². The highest BCUT2D eigenvalue weighted by Crippen LogP contribution is 2.36. The molecule has 2 atom stereocenters. The summed E-state index contributed by atoms with van der Waals surface area (Å²) in [4.78, 5) is 27.6. The summed E-state index contributed by atoms with van der Waals surface area (Å²) < 4.78 is 40.3. The summed E-state index contributed by atoms with van der Waals surface area (Å²) in [6, 6.07) is 7.94. The molecule has 1 fully saturated rings. The minimum Gasteiger partial charge on any atom is -0.459 e. The van der Waals surface area contributed by atoms with Crippen molar-refractivity contribution in [3.63, 3.8) is 0 Å². The van der Waals surface area contributed by atoms with Crippen LogP contribution in [0, 0.1) is 13.8 Å². The lowest BCUT2D eigenvalue weighted by atomic mass is 9.94. The minimum atomic E-state index is -3.38. The van der Waals surface area contributed by atoms with Gasteiger partial charge in [-0.05, 0) is 77.6 Å². The van der Waals surface area contributed by atoms with Crippen molar-refractivity contribution in [2.24, 2.45) is 0 Å². The highest BCUT2D eigenvalue weighted by Gasteiger charge is 2.41. The largest absolute Gasteiger partial charge is 0.459 e. The quantitative estimate of drug-likeness (QED) is 0.365. The first kappa shape index (κ1) is 28.1. The van der Waals surface area contributed by atoms with E-state index in [4.69, 9.17) is 9.47 Å². The lowest BCUT2D eigenvalue weighted by Crippen LogP contribution is -2.47. The van der Waals surface area contributed by atoms with E-state index in [1.165, 1.54) is 23.5 Å². The molecule has 0 spiro atoms. The third kappa shape index (κ3) is 7.26. The number of nitrogens with zero attached hydrogens (tertiary/aromatic N) is 1. The number of aliphatic hydroxyl groups is 1. The number of ether oxygens (including phenoxy) is 2. The third-order valence-corrected chi connectivity index (χ3v) is 7.30. The molecule has 1 aliphatic heterocycles. The van der Waals surface area contributed by atoms with Crippen molar-refractivity contribution in [3.05, 3.63) is 56.8 Å². The predicted octanol–water partition coefficient (Wildman–Crippen LogP) is 6.01. The normalized spacial score (nSPS) is 17.3. The number of carbonyl (C=O) groups is 2. The fraction of sp³-hybridized carbons (Fsp3) is 0.556. The predicted molar refractivity (Wildman–Crippen MR) is 135 cm³/mol. The number of hydrogen-bond acceptors (Lipinski definition) is 6. The van der Waals surface area contributed by atoms with E-state index in [1.54, 1.807) is 38.7 Å². The maximum absolute atomic E-state index is 15.0. The zero-order valence-corrected chi connectivity index (χ0v) is 22.1. The van der Waals surface area contributed by atoms with Gasteiger partial charge in [0, 0.05) is 29.4 Å². The van der Waals surface area contributed by atoms with Gasteiger partial charge in [-0.25, -0.2) is 9.59 Å². The van der Waals surface area contributed by atoms with Gasteiger partial charge in [0.15, 0.2) is 0 Å². The van der Waals surface area contributed by atoms with Crippen LogP contribution in [0.3, 0.4) is 0 Å². The van der Waals surface area contributed by atoms with Crippen LogP contribution in [0.2, 0.25) is 0 Å². The molecule has 1 N–H and O–H groups in total. The molecule has 0 radical (unpaired) electrons. The smallest absolute Gasteiger partial charge is 0.410 e. The van der Waals surface area contributed by atoms with E-state index in [0.717, 1.165) is 4.88 Å². The summed E-state index contributed by atoms with van der Waals surface area (Å²) in [5.41, 5.74) is 1.24. The van der Waals surface area contributed by atoms with Crippen LogP contribution in [0.25, 0.3) is 0 Å². The Balaban J connectivity index is 1.55. The van der Waals surface area contributed by atoms with Gasteiger partial charge in [0.25, 0.3) is 5.92 Å². The molecule has 198 valence electrons. The highest BCUT2D eigenvalue weighted by atomic mass is 32.1. The molecule has 9 heteroatoms. The summed E-state index contributed by atoms with van der Waals surface area (Å²) in [6.45, 7) is 7.72. The number of hydrogen-bond donors (Lipinski definition) is 1. The number of cyclic esters (lactones) is 1. The summed E-state index contributed by atoms with van der Waals surface area (Å²) in [7, 11) is 0. The Kier molecular flexibility index (Phi) is 9.47. The number of aryl methyl sites for hydroxylation is 3. The Morgan fingerprint density at radius 2 is 1.94 bits per heavy atom. The number of esters is 1. The van der Waals surface area contributed by atoms with Crippen molar-refractivity contribution in [3.8, 4) is 0 Å². The molecule has 1 saturated heterocycles. The van der Waals surface area contributed by atoms with Gasteiger partial charge in [-0.15, -0.1) is 11.3 Å². The number of alkyl halides is 2. The van der Waals surface area contributed by atoms with E-state index < -0.39 is 18.1 Å². The van der Waals surface area contributed by atoms with Crippen molar-refractivity contribution in [2.75, 3.05) is 13.2 Å². The summed E-state index contributed by atoms with van der Waals surface area (Å²) >= 11 is 1.36. The fourth-order valence-corrected chi connectivity index (χ4v) is 5.39. The molecule has 0 bridgehead atoms. The van der Waals surface area contributed by atoms with Crippen LogP contribution < -0.4 is 0 Å². The molecule has 1 aromatic carbocycles. The number of thiophene rings is 1. The first-order valence-electron chi connectivity index (χ1n) is 12.3. The summed E-state index contributed by atoms with van der Waals surface area (Å²) in [5.74, 6) is -3.73. The van der Waals surface area contributed by atoms with Crippen LogP contribution in [0.15, 0.2) is 30.3 Å². The van der Waals surface area contributed by atoms with Gasteiger partial charge in [-0.3, -0.25) is 0 Å². The van der Waals surface area contributed by atoms with Gasteiger partial charge < -0.3 is 19.5 Å². The molecule has 1 amide bonds. The third-order valence-electron chi connectivity index (χ3n) is 6.18. The Hall–Kier alpha value is -2.52. The van der Waals surface area contributed by atoms with Crippen LogP contribution in [0.5, 0.6) is 0 Å². The first-order valence-corrected chi connectivity index (χ1v) is 13.2. The molecule has 6 nitrogen and oxygen atoms in total. The van der Waals surface area contributed by atoms with Crippen LogP contribution in [-0.2, 0) is 21.8 Å². The number of halogens is 2. The number of rotatable bonds is 11. The average molecular weight is 524 g/mol. The summed E-state index contributed by atoms with van der Waals surface area (Å²) in [5, 5.41) is 10.4. The molecule has 2 aromatic rings. The molecule has 0 saturated carbocycles. The Morgan fingerprint density at radius 1 is 1.25 bits per heavy atom. The molecular formula is C27H35F2NO5S. The summed E-state index contributed by atoms with van der Waals surface area (Å²) in [6.07, 6.45) is -0.582. The second-order valence-corrected chi connectivity index (χ2v) is 10.8. The van der Waals surface area contributed by atoms with E-state index >= 15 is 0 Å². The van der Waals surface area contributed by atoms with E-state index in [0.29, 0.717) is 41.8 Å². The molecule has 2 unspecified atom stereocenters. The number of aliphatic hydroxyl groups excluding tert-OH is 1. The lowest BCUT2D eigenvalue weighted by molar-refractivity contribution is -0.120. The van der Waals surface area contributed by atoms with E-state index in [2.05, 4.69) is 0 Å². The second-order valence-electron chi connectivity index (χ2n) is 9.67. The fourth-order valence-electron chi connectivity index (χ4n) is 4.45. The van der Waals surface area contributed by atoms with Crippen molar-refractivity contribution >= 4 is 23.4 Å². The minimum absolute atomic E-state index is 0.138. The van der Waals surface area contributed by atoms with E-state index in [1.807, 2.05) is 12.1 Å². The number of benzene rings is 1. The van der Waals surface area contributed by atoms with Gasteiger partial charge in [0.2, 0.25) is 0 Å². The number of carbonyl (C=O) groups excluding carboxylic acids is 2. The molecule has 1 aliphatic rings. The SMILES string of the molecule is Cc1cc(C)cc(C(F)(F)C(O)CCC2CCOC(=O)N2CCCc2ccc(C(=O)OC(C)C)s2)c1. The Morgan fingerprint density at radius 3 is 2.61 bits per heavy atom. The monoisotopic (exact) mass is 523 g/mol. The lowest BCUT2D eigenvalue weighted by Gasteiger charge is -2.36. The molecule has 1 aromatic heterocycles. The highest BCUT2D eigenvalue weighted by molar-refractivity contribution is 7.13. The van der Waals surface area contributed by atoms with Crippen molar-refractivity contribution in [1.29, 1.82) is 0 Å². The van der Waals surface area contributed by atoms with Gasteiger partial charge in [0.1, 0.15) is 11.0 Å². The molecule has 2 heterocycles. The maximum Gasteiger partial charge on any atom is 0.410 e. The molecular weight excluding hydrogens is 488 g/mol. The maximum atomic E-state index is 15.0. The second kappa shape index (κ2) is 12.1. The van der Waals surface area contributed by atoms with Crippen molar-refractivity contribution in [1.82, 2.24) is 4.90 Å². The molecule has 0 aliphatic carbocycles. The van der Waals surface area contributed by atoms with Gasteiger partial charge in [-0.2, -0.15) is 8.78 Å². The van der Waals surface area contributed by atoms with Crippen LogP contribution in [-0.4, -0.2) is 53.5 Å². The van der Waals surface area contributed by atoms with Gasteiger partial charge >= 0.3 is 12.1 Å². The van der Waals surface area contributed by atoms with Crippen LogP contribution in [0.1, 0.15) is 70.8 Å². The Bertz CT molecular complexity index is 1030. The standard InChI is InChI=1S/C27H35F2NO5S/c1-17(2)35-25(32)23-9-8-22(36-23)6-5-12-30-21(11-13-34-26(30)33)7-10-24(31)27(28,29)20-15-18(3)14-19(4)16-20/h8-9,14-17,21,24,31H,5-7,10-13H2,1-4H3. The first-order chi connectivity index (χ1) is 17.0. The topological polar surface area (TPSA) is 76.1 Å². The zero-order chi connectivity index (χ0) is 26.5. The van der Waals surface area contributed by atoms with E-state index in [9.17, 15) is 23.5 Å². The van der Waals surface area contributed by atoms with Crippen LogP contribution >= 0.6 is 11.3 Å². The van der Waals surface area contributed by atoms with Crippen molar-refractivity contribution < 1.29 is 33.0 Å². The van der Waals surface area contributed by atoms with Gasteiger partial charge in [0.05, 0.1) is 12.7 Å². The molecule has 3 rings (SSSR count).